The third kappa shape index (κ3) is 5.51. The number of methoxy groups -OCH3 is 1. The van der Waals surface area contributed by atoms with Gasteiger partial charge in [-0.3, -0.25) is 4.79 Å². The molecular formula is C24H30N2O3S. The lowest BCUT2D eigenvalue weighted by molar-refractivity contribution is -0.118. The van der Waals surface area contributed by atoms with Crippen LogP contribution >= 0.6 is 12.2 Å². The second kappa shape index (κ2) is 9.94. The van der Waals surface area contributed by atoms with E-state index in [1.54, 1.807) is 7.11 Å². The summed E-state index contributed by atoms with van der Waals surface area (Å²) in [6.45, 7) is 8.21. The van der Waals surface area contributed by atoms with Crippen LogP contribution in [-0.4, -0.2) is 42.6 Å². The van der Waals surface area contributed by atoms with Crippen molar-refractivity contribution in [1.82, 2.24) is 4.90 Å². The number of hydrogen-bond donors (Lipinski definition) is 1. The molecule has 1 aliphatic rings. The zero-order chi connectivity index (χ0) is 21.7. The summed E-state index contributed by atoms with van der Waals surface area (Å²) in [5.41, 5.74) is 4.01. The predicted molar refractivity (Wildman–Crippen MR) is 125 cm³/mol. The normalized spacial score (nSPS) is 14.3. The second-order valence-electron chi connectivity index (χ2n) is 7.98. The molecule has 0 saturated carbocycles. The fourth-order valence-electron chi connectivity index (χ4n) is 3.47. The number of anilines is 1. The van der Waals surface area contributed by atoms with Gasteiger partial charge in [0.15, 0.2) is 18.1 Å². The number of benzene rings is 2. The van der Waals surface area contributed by atoms with Crippen LogP contribution in [0.3, 0.4) is 0 Å². The van der Waals surface area contributed by atoms with Crippen molar-refractivity contribution in [2.45, 2.75) is 33.6 Å². The highest BCUT2D eigenvalue weighted by atomic mass is 32.1. The molecule has 6 heteroatoms. The largest absolute Gasteiger partial charge is 0.493 e. The molecular weight excluding hydrogens is 396 g/mol. The molecule has 1 saturated heterocycles. The molecule has 30 heavy (non-hydrogen) atoms. The van der Waals surface area contributed by atoms with E-state index in [1.807, 2.05) is 50.2 Å². The Balaban J connectivity index is 1.61. The fourth-order valence-corrected chi connectivity index (χ4v) is 3.78. The summed E-state index contributed by atoms with van der Waals surface area (Å²) in [6.07, 6.45) is 2.32. The molecule has 0 aliphatic carbocycles. The van der Waals surface area contributed by atoms with E-state index in [4.69, 9.17) is 21.7 Å². The Kier molecular flexibility index (Phi) is 7.32. The van der Waals surface area contributed by atoms with Gasteiger partial charge in [-0.1, -0.05) is 25.2 Å². The highest BCUT2D eigenvalue weighted by Crippen LogP contribution is 2.29. The first kappa shape index (κ1) is 22.1. The van der Waals surface area contributed by atoms with Crippen molar-refractivity contribution in [2.75, 3.05) is 32.1 Å². The van der Waals surface area contributed by atoms with E-state index in [0.29, 0.717) is 11.5 Å². The molecule has 0 atom stereocenters. The topological polar surface area (TPSA) is 50.8 Å². The summed E-state index contributed by atoms with van der Waals surface area (Å²) in [5, 5.41) is 2.86. The maximum absolute atomic E-state index is 12.3. The molecule has 5 nitrogen and oxygen atoms in total. The van der Waals surface area contributed by atoms with Crippen LogP contribution in [0.4, 0.5) is 5.69 Å². The van der Waals surface area contributed by atoms with E-state index in [1.165, 1.54) is 5.56 Å². The van der Waals surface area contributed by atoms with Crippen LogP contribution in [-0.2, 0) is 4.79 Å². The van der Waals surface area contributed by atoms with Crippen molar-refractivity contribution in [2.24, 2.45) is 5.92 Å². The van der Waals surface area contributed by atoms with E-state index in [9.17, 15) is 4.79 Å². The van der Waals surface area contributed by atoms with Crippen LogP contribution in [0, 0.1) is 19.8 Å². The van der Waals surface area contributed by atoms with Gasteiger partial charge in [-0.05, 0) is 74.1 Å². The van der Waals surface area contributed by atoms with Gasteiger partial charge >= 0.3 is 0 Å². The molecule has 160 valence electrons. The number of nitrogens with one attached hydrogen (secondary N) is 1. The van der Waals surface area contributed by atoms with Gasteiger partial charge in [-0.25, -0.2) is 0 Å². The van der Waals surface area contributed by atoms with Crippen molar-refractivity contribution in [3.05, 3.63) is 53.1 Å². The third-order valence-electron chi connectivity index (χ3n) is 5.63. The Hall–Kier alpha value is -2.60. The van der Waals surface area contributed by atoms with Crippen molar-refractivity contribution in [3.63, 3.8) is 0 Å². The molecule has 2 aromatic carbocycles. The Morgan fingerprint density at radius 1 is 1.10 bits per heavy atom. The zero-order valence-electron chi connectivity index (χ0n) is 18.2. The van der Waals surface area contributed by atoms with Gasteiger partial charge in [0.1, 0.15) is 4.99 Å². The van der Waals surface area contributed by atoms with Crippen LogP contribution in [0.1, 0.15) is 36.5 Å². The van der Waals surface area contributed by atoms with E-state index >= 15 is 0 Å². The quantitative estimate of drug-likeness (QED) is 0.677. The number of carbonyl (C=O) groups excluding carboxylic acids is 1. The molecule has 0 unspecified atom stereocenters. The molecule has 1 heterocycles. The summed E-state index contributed by atoms with van der Waals surface area (Å²) < 4.78 is 11.2. The Bertz CT molecular complexity index is 921. The summed E-state index contributed by atoms with van der Waals surface area (Å²) >= 11 is 5.69. The number of rotatable bonds is 6. The van der Waals surface area contributed by atoms with Crippen LogP contribution in [0.5, 0.6) is 11.5 Å². The minimum atomic E-state index is -0.220. The lowest BCUT2D eigenvalue weighted by Gasteiger charge is -2.32. The van der Waals surface area contributed by atoms with Crippen molar-refractivity contribution >= 4 is 28.8 Å². The highest BCUT2D eigenvalue weighted by Gasteiger charge is 2.20. The third-order valence-corrected chi connectivity index (χ3v) is 6.12. The Morgan fingerprint density at radius 3 is 2.50 bits per heavy atom. The van der Waals surface area contributed by atoms with Gasteiger partial charge < -0.3 is 19.7 Å². The number of likely N-dealkylation sites (tertiary alicyclic amines) is 1. The average Bonchev–Trinajstić information content (AvgIpc) is 2.75. The number of nitrogens with zero attached hydrogens (tertiary/aromatic N) is 1. The second-order valence-corrected chi connectivity index (χ2v) is 8.36. The Morgan fingerprint density at radius 2 is 1.83 bits per heavy atom. The van der Waals surface area contributed by atoms with E-state index in [2.05, 4.69) is 17.1 Å². The first-order valence-corrected chi connectivity index (χ1v) is 10.8. The van der Waals surface area contributed by atoms with Gasteiger partial charge in [-0.2, -0.15) is 0 Å². The molecule has 1 N–H and O–H groups in total. The molecule has 2 aromatic rings. The number of aryl methyl sites for hydroxylation is 2. The van der Waals surface area contributed by atoms with Gasteiger partial charge in [0.05, 0.1) is 7.11 Å². The van der Waals surface area contributed by atoms with Crippen molar-refractivity contribution < 1.29 is 14.3 Å². The number of carbonyl (C=O) groups is 1. The summed E-state index contributed by atoms with van der Waals surface area (Å²) in [7, 11) is 1.59. The maximum Gasteiger partial charge on any atom is 0.262 e. The van der Waals surface area contributed by atoms with Gasteiger partial charge in [0.25, 0.3) is 5.91 Å². The summed E-state index contributed by atoms with van der Waals surface area (Å²) in [5.74, 6) is 1.62. The van der Waals surface area contributed by atoms with Crippen LogP contribution in [0.15, 0.2) is 36.4 Å². The molecule has 1 aliphatic heterocycles. The molecule has 0 bridgehead atoms. The predicted octanol–water partition coefficient (Wildman–Crippen LogP) is 4.74. The van der Waals surface area contributed by atoms with Crippen molar-refractivity contribution in [3.8, 4) is 11.5 Å². The monoisotopic (exact) mass is 426 g/mol. The van der Waals surface area contributed by atoms with Crippen LogP contribution < -0.4 is 14.8 Å². The lowest BCUT2D eigenvalue weighted by atomic mass is 9.99. The SMILES string of the molecule is COc1cc(C(=S)N2CCC(C)CC2)ccc1OCC(=O)Nc1ccc(C)c(C)c1. The van der Waals surface area contributed by atoms with Crippen molar-refractivity contribution in [1.29, 1.82) is 0 Å². The van der Waals surface area contributed by atoms with Crippen LogP contribution in [0.2, 0.25) is 0 Å². The van der Waals surface area contributed by atoms with E-state index < -0.39 is 0 Å². The zero-order valence-corrected chi connectivity index (χ0v) is 19.0. The molecule has 0 spiro atoms. The first-order chi connectivity index (χ1) is 14.4. The lowest BCUT2D eigenvalue weighted by Crippen LogP contribution is -2.37. The number of amides is 1. The number of piperidine rings is 1. The molecule has 0 radical (unpaired) electrons. The molecule has 3 rings (SSSR count). The molecule has 1 fully saturated rings. The Labute approximate surface area is 184 Å². The molecule has 0 aromatic heterocycles. The van der Waals surface area contributed by atoms with Gasteiger partial charge in [0.2, 0.25) is 0 Å². The standard InChI is InChI=1S/C24H30N2O3S/c1-16-9-11-26(12-10-16)24(30)19-6-8-21(22(14-19)28-4)29-15-23(27)25-20-7-5-17(2)18(3)13-20/h5-8,13-14,16H,9-12,15H2,1-4H3,(H,25,27). The summed E-state index contributed by atoms with van der Waals surface area (Å²) in [4.78, 5) is 15.4. The van der Waals surface area contributed by atoms with E-state index in [-0.39, 0.29) is 12.5 Å². The molecule has 1 amide bonds. The average molecular weight is 427 g/mol. The number of hydrogen-bond acceptors (Lipinski definition) is 4. The number of thiocarbonyl (C=S) groups is 1. The van der Waals surface area contributed by atoms with E-state index in [0.717, 1.165) is 53.7 Å². The highest BCUT2D eigenvalue weighted by molar-refractivity contribution is 7.80. The smallest absolute Gasteiger partial charge is 0.262 e. The van der Waals surface area contributed by atoms with Crippen LogP contribution in [0.25, 0.3) is 0 Å². The number of ether oxygens (including phenoxy) is 2. The minimum absolute atomic E-state index is 0.100. The first-order valence-electron chi connectivity index (χ1n) is 10.3. The van der Waals surface area contributed by atoms with Gasteiger partial charge in [0, 0.05) is 24.3 Å². The minimum Gasteiger partial charge on any atom is -0.493 e. The summed E-state index contributed by atoms with van der Waals surface area (Å²) in [6, 6.07) is 11.5. The fraction of sp³-hybridized carbons (Fsp3) is 0.417. The van der Waals surface area contributed by atoms with Gasteiger partial charge in [-0.15, -0.1) is 0 Å². The maximum atomic E-state index is 12.3.